The number of amides is 1. The van der Waals surface area contributed by atoms with E-state index in [1.54, 1.807) is 11.8 Å². The van der Waals surface area contributed by atoms with Gasteiger partial charge in [-0.15, -0.1) is 0 Å². The Bertz CT molecular complexity index is 231. The van der Waals surface area contributed by atoms with Crippen LogP contribution in [0.4, 0.5) is 0 Å². The number of nitrogens with two attached hydrogens (primary N) is 2. The predicted molar refractivity (Wildman–Crippen MR) is 52.7 cm³/mol. The average Bonchev–Trinajstić information content (AvgIpc) is 2.17. The summed E-state index contributed by atoms with van der Waals surface area (Å²) in [7, 11) is 0. The zero-order chi connectivity index (χ0) is 10.6. The third-order valence-corrected chi connectivity index (χ3v) is 2.02. The molecule has 1 rings (SSSR count). The number of guanidine groups is 1. The maximum Gasteiger partial charge on any atom is 0.247 e. The Morgan fingerprint density at radius 3 is 2.50 bits per heavy atom. The molecule has 0 saturated carbocycles. The largest absolute Gasteiger partial charge is 0.378 e. The Kier molecular flexibility index (Phi) is 3.70. The number of hydrogen-bond acceptors (Lipinski definition) is 3. The van der Waals surface area contributed by atoms with Crippen LogP contribution in [0.3, 0.4) is 0 Å². The molecule has 14 heavy (non-hydrogen) atoms. The van der Waals surface area contributed by atoms with Crippen molar-refractivity contribution >= 4 is 11.9 Å². The quantitative estimate of drug-likeness (QED) is 0.419. The fraction of sp³-hybridized carbons (Fsp3) is 0.750. The van der Waals surface area contributed by atoms with Crippen molar-refractivity contribution < 1.29 is 9.53 Å². The van der Waals surface area contributed by atoms with E-state index in [-0.39, 0.29) is 11.9 Å². The number of ether oxygens (including phenoxy) is 1. The molecule has 1 saturated heterocycles. The maximum atomic E-state index is 11.7. The van der Waals surface area contributed by atoms with Crippen molar-refractivity contribution in [2.75, 3.05) is 26.3 Å². The minimum absolute atomic E-state index is 0.0540. The molecular formula is C8H16N4O2. The highest BCUT2D eigenvalue weighted by molar-refractivity contribution is 5.85. The predicted octanol–water partition coefficient (Wildman–Crippen LogP) is -1.49. The molecule has 4 N–H and O–H groups in total. The number of carbonyl (C=O) groups excluding carboxylic acids is 1. The number of hydrogen-bond donors (Lipinski definition) is 2. The van der Waals surface area contributed by atoms with Crippen molar-refractivity contribution in [2.45, 2.75) is 13.0 Å². The first-order chi connectivity index (χ1) is 6.61. The van der Waals surface area contributed by atoms with Crippen LogP contribution in [-0.4, -0.2) is 49.1 Å². The first-order valence-electron chi connectivity index (χ1n) is 4.56. The minimum Gasteiger partial charge on any atom is -0.378 e. The molecule has 0 aliphatic carbocycles. The van der Waals surface area contributed by atoms with Crippen LogP contribution in [0.25, 0.3) is 0 Å². The van der Waals surface area contributed by atoms with Gasteiger partial charge in [-0.2, -0.15) is 0 Å². The zero-order valence-corrected chi connectivity index (χ0v) is 8.27. The molecule has 1 heterocycles. The lowest BCUT2D eigenvalue weighted by Gasteiger charge is -2.28. The molecule has 80 valence electrons. The summed E-state index contributed by atoms with van der Waals surface area (Å²) in [5, 5.41) is 0. The lowest BCUT2D eigenvalue weighted by molar-refractivity contribution is -0.136. The molecule has 1 aliphatic rings. The Balaban J connectivity index is 2.50. The van der Waals surface area contributed by atoms with Crippen LogP contribution in [0.2, 0.25) is 0 Å². The van der Waals surface area contributed by atoms with E-state index in [4.69, 9.17) is 16.2 Å². The van der Waals surface area contributed by atoms with Crippen molar-refractivity contribution in [3.8, 4) is 0 Å². The fourth-order valence-corrected chi connectivity index (χ4v) is 1.33. The van der Waals surface area contributed by atoms with Gasteiger partial charge in [0.15, 0.2) is 5.96 Å². The average molecular weight is 200 g/mol. The molecular weight excluding hydrogens is 184 g/mol. The topological polar surface area (TPSA) is 93.9 Å². The van der Waals surface area contributed by atoms with Crippen molar-refractivity contribution in [2.24, 2.45) is 16.5 Å². The van der Waals surface area contributed by atoms with Crippen LogP contribution >= 0.6 is 0 Å². The molecule has 1 unspecified atom stereocenters. The smallest absolute Gasteiger partial charge is 0.247 e. The highest BCUT2D eigenvalue weighted by Crippen LogP contribution is 2.02. The highest BCUT2D eigenvalue weighted by atomic mass is 16.5. The monoisotopic (exact) mass is 200 g/mol. The molecule has 6 heteroatoms. The van der Waals surface area contributed by atoms with Gasteiger partial charge in [0, 0.05) is 13.1 Å². The van der Waals surface area contributed by atoms with Gasteiger partial charge in [0.2, 0.25) is 5.91 Å². The lowest BCUT2D eigenvalue weighted by Crippen LogP contribution is -2.45. The maximum absolute atomic E-state index is 11.7. The van der Waals surface area contributed by atoms with Crippen LogP contribution in [0.1, 0.15) is 6.92 Å². The van der Waals surface area contributed by atoms with Gasteiger partial charge in [0.1, 0.15) is 6.04 Å². The minimum atomic E-state index is -0.502. The van der Waals surface area contributed by atoms with Gasteiger partial charge in [-0.05, 0) is 6.92 Å². The molecule has 0 aromatic rings. The molecule has 0 radical (unpaired) electrons. The van der Waals surface area contributed by atoms with Gasteiger partial charge in [-0.25, -0.2) is 4.99 Å². The second kappa shape index (κ2) is 4.80. The number of rotatable bonds is 2. The third-order valence-electron chi connectivity index (χ3n) is 2.02. The molecule has 0 aromatic carbocycles. The Morgan fingerprint density at radius 2 is 2.00 bits per heavy atom. The Hall–Kier alpha value is -1.30. The van der Waals surface area contributed by atoms with Gasteiger partial charge in [-0.3, -0.25) is 4.79 Å². The molecule has 0 bridgehead atoms. The van der Waals surface area contributed by atoms with E-state index in [2.05, 4.69) is 4.99 Å². The molecule has 1 fully saturated rings. The van der Waals surface area contributed by atoms with E-state index in [9.17, 15) is 4.79 Å². The normalized spacial score (nSPS) is 18.8. The first kappa shape index (κ1) is 10.8. The van der Waals surface area contributed by atoms with E-state index in [1.807, 2.05) is 0 Å². The van der Waals surface area contributed by atoms with Crippen LogP contribution in [-0.2, 0) is 9.53 Å². The Labute approximate surface area is 82.9 Å². The van der Waals surface area contributed by atoms with Crippen molar-refractivity contribution in [1.82, 2.24) is 4.90 Å². The molecule has 6 nitrogen and oxygen atoms in total. The molecule has 0 aromatic heterocycles. The third kappa shape index (κ3) is 2.88. The van der Waals surface area contributed by atoms with Crippen LogP contribution in [0, 0.1) is 0 Å². The summed E-state index contributed by atoms with van der Waals surface area (Å²) in [5.74, 6) is -0.110. The van der Waals surface area contributed by atoms with Gasteiger partial charge in [-0.1, -0.05) is 0 Å². The van der Waals surface area contributed by atoms with E-state index in [0.717, 1.165) is 0 Å². The highest BCUT2D eigenvalue weighted by Gasteiger charge is 2.21. The van der Waals surface area contributed by atoms with E-state index < -0.39 is 6.04 Å². The van der Waals surface area contributed by atoms with Gasteiger partial charge in [0.05, 0.1) is 13.2 Å². The van der Waals surface area contributed by atoms with E-state index in [0.29, 0.717) is 26.3 Å². The number of nitrogens with zero attached hydrogens (tertiary/aromatic N) is 2. The van der Waals surface area contributed by atoms with E-state index in [1.165, 1.54) is 0 Å². The summed E-state index contributed by atoms with van der Waals surface area (Å²) in [5.41, 5.74) is 10.4. The molecule has 1 aliphatic heterocycles. The summed E-state index contributed by atoms with van der Waals surface area (Å²) in [4.78, 5) is 17.2. The van der Waals surface area contributed by atoms with Crippen LogP contribution < -0.4 is 11.5 Å². The summed E-state index contributed by atoms with van der Waals surface area (Å²) in [6, 6.07) is -0.502. The van der Waals surface area contributed by atoms with Crippen LogP contribution in [0.15, 0.2) is 4.99 Å². The number of carbonyl (C=O) groups is 1. The molecule has 1 atom stereocenters. The SMILES string of the molecule is CC(N=C(N)N)C(=O)N1CCOCC1. The number of aliphatic imine (C=N–C) groups is 1. The van der Waals surface area contributed by atoms with Gasteiger partial charge >= 0.3 is 0 Å². The summed E-state index contributed by atoms with van der Waals surface area (Å²) >= 11 is 0. The van der Waals surface area contributed by atoms with Crippen LogP contribution in [0.5, 0.6) is 0 Å². The standard InChI is InChI=1S/C8H16N4O2/c1-6(11-8(9)10)7(13)12-2-4-14-5-3-12/h6H,2-5H2,1H3,(H4,9,10,11). The molecule has 0 spiro atoms. The first-order valence-corrected chi connectivity index (χ1v) is 4.56. The van der Waals surface area contributed by atoms with Gasteiger partial charge < -0.3 is 21.1 Å². The second-order valence-corrected chi connectivity index (χ2v) is 3.17. The fourth-order valence-electron chi connectivity index (χ4n) is 1.33. The van der Waals surface area contributed by atoms with Crippen molar-refractivity contribution in [1.29, 1.82) is 0 Å². The summed E-state index contributed by atoms with van der Waals surface area (Å²) in [6.45, 7) is 4.07. The lowest BCUT2D eigenvalue weighted by atomic mass is 10.3. The number of morpholine rings is 1. The van der Waals surface area contributed by atoms with Crippen molar-refractivity contribution in [3.63, 3.8) is 0 Å². The van der Waals surface area contributed by atoms with Crippen molar-refractivity contribution in [3.05, 3.63) is 0 Å². The summed E-state index contributed by atoms with van der Waals surface area (Å²) < 4.78 is 5.13. The van der Waals surface area contributed by atoms with Gasteiger partial charge in [0.25, 0.3) is 0 Å². The van der Waals surface area contributed by atoms with E-state index >= 15 is 0 Å². The molecule has 1 amide bonds. The zero-order valence-electron chi connectivity index (χ0n) is 8.27. The Morgan fingerprint density at radius 1 is 1.43 bits per heavy atom. The second-order valence-electron chi connectivity index (χ2n) is 3.17. The summed E-state index contributed by atoms with van der Waals surface area (Å²) in [6.07, 6.45) is 0.